The van der Waals surface area contributed by atoms with Crippen molar-refractivity contribution in [3.05, 3.63) is 35.5 Å². The Labute approximate surface area is 138 Å². The highest BCUT2D eigenvalue weighted by molar-refractivity contribution is 5.86. The van der Waals surface area contributed by atoms with Gasteiger partial charge in [0.2, 0.25) is 5.91 Å². The van der Waals surface area contributed by atoms with Gasteiger partial charge in [-0.25, -0.2) is 0 Å². The van der Waals surface area contributed by atoms with E-state index in [9.17, 15) is 4.79 Å². The molecule has 1 aliphatic rings. The summed E-state index contributed by atoms with van der Waals surface area (Å²) < 4.78 is 2.47. The number of nitrogens with zero attached hydrogens (tertiary/aromatic N) is 1. The fraction of sp³-hybridized carbons (Fsp3) is 0.526. The minimum atomic E-state index is 0.0917. The third-order valence-corrected chi connectivity index (χ3v) is 5.08. The molecular formula is C19H27N3O. The number of rotatable bonds is 4. The number of hydrogen-bond acceptors (Lipinski definition) is 2. The first-order valence-electron chi connectivity index (χ1n) is 8.66. The summed E-state index contributed by atoms with van der Waals surface area (Å²) in [5.41, 5.74) is 9.50. The van der Waals surface area contributed by atoms with Gasteiger partial charge in [-0.15, -0.1) is 0 Å². The Kier molecular flexibility index (Phi) is 4.71. The Balaban J connectivity index is 1.72. The van der Waals surface area contributed by atoms with Gasteiger partial charge in [-0.1, -0.05) is 18.2 Å². The monoisotopic (exact) mass is 313 g/mol. The fourth-order valence-corrected chi connectivity index (χ4v) is 3.88. The molecule has 0 spiro atoms. The van der Waals surface area contributed by atoms with Crippen LogP contribution in [0.3, 0.4) is 0 Å². The van der Waals surface area contributed by atoms with Crippen LogP contribution in [0.1, 0.15) is 49.3 Å². The van der Waals surface area contributed by atoms with Crippen molar-refractivity contribution in [2.24, 2.45) is 5.73 Å². The zero-order valence-electron chi connectivity index (χ0n) is 14.1. The molecule has 1 amide bonds. The van der Waals surface area contributed by atoms with Crippen molar-refractivity contribution in [2.45, 2.75) is 58.0 Å². The maximum atomic E-state index is 11.7. The number of carbonyl (C=O) groups excluding carboxylic acids is 1. The molecule has 0 saturated heterocycles. The van der Waals surface area contributed by atoms with Gasteiger partial charge in [-0.2, -0.15) is 0 Å². The van der Waals surface area contributed by atoms with Crippen LogP contribution in [0.2, 0.25) is 0 Å². The van der Waals surface area contributed by atoms with Crippen molar-refractivity contribution >= 4 is 16.8 Å². The van der Waals surface area contributed by atoms with Crippen molar-refractivity contribution in [1.82, 2.24) is 9.88 Å². The molecule has 4 heteroatoms. The molecule has 3 rings (SSSR count). The summed E-state index contributed by atoms with van der Waals surface area (Å²) in [6.07, 6.45) is 7.06. The second-order valence-corrected chi connectivity index (χ2v) is 6.80. The molecule has 0 bridgehead atoms. The highest BCUT2D eigenvalue weighted by Gasteiger charge is 2.24. The van der Waals surface area contributed by atoms with Gasteiger partial charge in [0.05, 0.1) is 5.52 Å². The van der Waals surface area contributed by atoms with Crippen LogP contribution >= 0.6 is 0 Å². The minimum Gasteiger partial charge on any atom is -0.353 e. The van der Waals surface area contributed by atoms with Gasteiger partial charge in [0.1, 0.15) is 0 Å². The number of hydrogen-bond donors (Lipinski definition) is 2. The van der Waals surface area contributed by atoms with Crippen LogP contribution in [0.15, 0.2) is 24.4 Å². The Bertz CT molecular complexity index is 696. The van der Waals surface area contributed by atoms with Crippen LogP contribution < -0.4 is 11.1 Å². The molecule has 1 aromatic heterocycles. The minimum absolute atomic E-state index is 0.0917. The zero-order valence-corrected chi connectivity index (χ0v) is 14.1. The van der Waals surface area contributed by atoms with Crippen LogP contribution in [0.4, 0.5) is 0 Å². The lowest BCUT2D eigenvalue weighted by Crippen LogP contribution is -2.38. The third kappa shape index (κ3) is 3.27. The number of benzene rings is 1. The Hall–Kier alpha value is -1.81. The van der Waals surface area contributed by atoms with Gasteiger partial charge in [0.25, 0.3) is 0 Å². The topological polar surface area (TPSA) is 60.0 Å². The molecule has 4 nitrogen and oxygen atoms in total. The van der Waals surface area contributed by atoms with E-state index >= 15 is 0 Å². The summed E-state index contributed by atoms with van der Waals surface area (Å²) in [5, 5.41) is 4.48. The first kappa shape index (κ1) is 16.1. The van der Waals surface area contributed by atoms with Crippen molar-refractivity contribution in [1.29, 1.82) is 0 Å². The van der Waals surface area contributed by atoms with Crippen molar-refractivity contribution in [3.8, 4) is 0 Å². The molecule has 124 valence electrons. The van der Waals surface area contributed by atoms with Gasteiger partial charge in [0, 0.05) is 36.6 Å². The number of aromatic nitrogens is 1. The fourth-order valence-electron chi connectivity index (χ4n) is 3.88. The smallest absolute Gasteiger partial charge is 0.221 e. The van der Waals surface area contributed by atoms with Gasteiger partial charge >= 0.3 is 0 Å². The summed E-state index contributed by atoms with van der Waals surface area (Å²) >= 11 is 0. The molecule has 2 aromatic rings. The summed E-state index contributed by atoms with van der Waals surface area (Å²) in [6, 6.07) is 7.40. The van der Waals surface area contributed by atoms with Crippen LogP contribution in [-0.4, -0.2) is 23.1 Å². The van der Waals surface area contributed by atoms with E-state index in [1.165, 1.54) is 22.0 Å². The van der Waals surface area contributed by atoms with E-state index in [2.05, 4.69) is 48.1 Å². The molecule has 0 aliphatic heterocycles. The summed E-state index contributed by atoms with van der Waals surface area (Å²) in [6.45, 7) is 4.81. The van der Waals surface area contributed by atoms with Crippen molar-refractivity contribution < 1.29 is 4.79 Å². The van der Waals surface area contributed by atoms with E-state index in [-0.39, 0.29) is 5.91 Å². The van der Waals surface area contributed by atoms with Crippen LogP contribution in [0, 0.1) is 13.8 Å². The normalized spacial score (nSPS) is 21.5. The summed E-state index contributed by atoms with van der Waals surface area (Å²) in [7, 11) is 0. The van der Waals surface area contributed by atoms with Crippen LogP contribution in [-0.2, 0) is 4.79 Å². The molecule has 1 aromatic carbocycles. The Morgan fingerprint density at radius 1 is 1.22 bits per heavy atom. The van der Waals surface area contributed by atoms with Crippen molar-refractivity contribution in [3.63, 3.8) is 0 Å². The second kappa shape index (κ2) is 6.75. The van der Waals surface area contributed by atoms with Crippen LogP contribution in [0.5, 0.6) is 0 Å². The van der Waals surface area contributed by atoms with Gasteiger partial charge in [-0.3, -0.25) is 4.79 Å². The van der Waals surface area contributed by atoms with Gasteiger partial charge in [0.15, 0.2) is 0 Å². The molecule has 1 heterocycles. The maximum Gasteiger partial charge on any atom is 0.221 e. The SMILES string of the molecule is Cc1cn(C2CCC(NC(=O)CCN)CC2)c2c(C)cccc12. The summed E-state index contributed by atoms with van der Waals surface area (Å²) in [4.78, 5) is 11.7. The first-order chi connectivity index (χ1) is 11.1. The Morgan fingerprint density at radius 2 is 1.96 bits per heavy atom. The molecule has 1 aliphatic carbocycles. The molecule has 1 saturated carbocycles. The number of nitrogens with one attached hydrogen (secondary N) is 1. The summed E-state index contributed by atoms with van der Waals surface area (Å²) in [5.74, 6) is 0.0917. The quantitative estimate of drug-likeness (QED) is 0.910. The molecule has 0 unspecified atom stereocenters. The second-order valence-electron chi connectivity index (χ2n) is 6.80. The van der Waals surface area contributed by atoms with E-state index in [0.29, 0.717) is 25.0 Å². The number of para-hydroxylation sites is 1. The maximum absolute atomic E-state index is 11.7. The van der Waals surface area contributed by atoms with E-state index in [1.807, 2.05) is 0 Å². The van der Waals surface area contributed by atoms with Crippen molar-refractivity contribution in [2.75, 3.05) is 6.54 Å². The van der Waals surface area contributed by atoms with Crippen LogP contribution in [0.25, 0.3) is 10.9 Å². The predicted molar refractivity (Wildman–Crippen MR) is 94.5 cm³/mol. The number of carbonyl (C=O) groups is 1. The lowest BCUT2D eigenvalue weighted by atomic mass is 9.90. The highest BCUT2D eigenvalue weighted by atomic mass is 16.1. The van der Waals surface area contributed by atoms with Gasteiger partial charge in [-0.05, 0) is 50.7 Å². The predicted octanol–water partition coefficient (Wildman–Crippen LogP) is 3.21. The molecule has 23 heavy (non-hydrogen) atoms. The largest absolute Gasteiger partial charge is 0.353 e. The lowest BCUT2D eigenvalue weighted by Gasteiger charge is -2.31. The molecular weight excluding hydrogens is 286 g/mol. The average Bonchev–Trinajstić information content (AvgIpc) is 2.87. The highest BCUT2D eigenvalue weighted by Crippen LogP contribution is 2.34. The number of aryl methyl sites for hydroxylation is 2. The van der Waals surface area contributed by atoms with E-state index < -0.39 is 0 Å². The average molecular weight is 313 g/mol. The zero-order chi connectivity index (χ0) is 16.4. The van der Waals surface area contributed by atoms with E-state index in [0.717, 1.165) is 25.7 Å². The lowest BCUT2D eigenvalue weighted by molar-refractivity contribution is -0.121. The Morgan fingerprint density at radius 3 is 2.65 bits per heavy atom. The van der Waals surface area contributed by atoms with E-state index in [1.54, 1.807) is 0 Å². The third-order valence-electron chi connectivity index (χ3n) is 5.08. The molecule has 0 atom stereocenters. The molecule has 3 N–H and O–H groups in total. The van der Waals surface area contributed by atoms with E-state index in [4.69, 9.17) is 5.73 Å². The molecule has 0 radical (unpaired) electrons. The number of nitrogens with two attached hydrogens (primary N) is 1. The molecule has 1 fully saturated rings. The number of fused-ring (bicyclic) bond motifs is 1. The van der Waals surface area contributed by atoms with Gasteiger partial charge < -0.3 is 15.6 Å². The standard InChI is InChI=1S/C19H27N3O/c1-13-4-3-5-17-14(2)12-22(19(13)17)16-8-6-15(7-9-16)21-18(23)10-11-20/h3-5,12,15-16H,6-11,20H2,1-2H3,(H,21,23). The first-order valence-corrected chi connectivity index (χ1v) is 8.66. The number of amides is 1.